The van der Waals surface area contributed by atoms with E-state index < -0.39 is 5.82 Å². The van der Waals surface area contributed by atoms with E-state index in [1.54, 1.807) is 6.20 Å². The van der Waals surface area contributed by atoms with E-state index >= 15 is 0 Å². The second kappa shape index (κ2) is 5.43. The molecule has 1 aromatic carbocycles. The van der Waals surface area contributed by atoms with Crippen molar-refractivity contribution in [2.45, 2.75) is 5.88 Å². The van der Waals surface area contributed by atoms with Crippen LogP contribution in [0.15, 0.2) is 48.8 Å². The van der Waals surface area contributed by atoms with E-state index in [1.807, 2.05) is 30.3 Å². The summed E-state index contributed by atoms with van der Waals surface area (Å²) in [6.45, 7) is 0. The minimum atomic E-state index is -0.440. The smallest absolute Gasteiger partial charge is 0.223 e. The molecule has 0 aliphatic heterocycles. The summed E-state index contributed by atoms with van der Waals surface area (Å²) in [4.78, 5) is 8.21. The highest BCUT2D eigenvalue weighted by Crippen LogP contribution is 2.26. The van der Waals surface area contributed by atoms with Crippen LogP contribution in [0.2, 0.25) is 0 Å². The predicted molar refractivity (Wildman–Crippen MR) is 75.6 cm³/mol. The van der Waals surface area contributed by atoms with Gasteiger partial charge in [-0.1, -0.05) is 18.2 Å². The topological polar surface area (TPSA) is 35.0 Å². The number of alkyl halides is 1. The molecule has 2 heterocycles. The predicted octanol–water partition coefficient (Wildman–Crippen LogP) is 4.30. The van der Waals surface area contributed by atoms with Crippen LogP contribution in [0.3, 0.4) is 0 Å². The van der Waals surface area contributed by atoms with Gasteiger partial charge in [-0.05, 0) is 18.2 Å². The molecule has 20 heavy (non-hydrogen) atoms. The fraction of sp³-hybridized carbons (Fsp3) is 0.0667. The lowest BCUT2D eigenvalue weighted by Gasteiger charge is -2.08. The van der Waals surface area contributed by atoms with E-state index in [4.69, 9.17) is 16.3 Å². The number of hydrogen-bond acceptors (Lipinski definition) is 3. The molecule has 0 aliphatic carbocycles. The van der Waals surface area contributed by atoms with Gasteiger partial charge in [-0.25, -0.2) is 9.37 Å². The van der Waals surface area contributed by atoms with Gasteiger partial charge in [0.05, 0.1) is 23.8 Å². The van der Waals surface area contributed by atoms with Gasteiger partial charge in [0, 0.05) is 10.9 Å². The van der Waals surface area contributed by atoms with Crippen LogP contribution in [0, 0.1) is 5.82 Å². The normalized spacial score (nSPS) is 10.7. The summed E-state index contributed by atoms with van der Waals surface area (Å²) in [7, 11) is 0. The minimum absolute atomic E-state index is 0.126. The second-order valence-corrected chi connectivity index (χ2v) is 4.48. The first-order valence-electron chi connectivity index (χ1n) is 5.99. The number of hydrogen-bond donors (Lipinski definition) is 0. The molecule has 2 aromatic heterocycles. The molecule has 0 saturated heterocycles. The summed E-state index contributed by atoms with van der Waals surface area (Å²) in [6.07, 6.45) is 2.70. The number of pyridine rings is 2. The first kappa shape index (κ1) is 12.8. The SMILES string of the molecule is Fc1cnc(Oc2cnc3ccccc3c2)c(CCl)c1. The van der Waals surface area contributed by atoms with Crippen molar-refractivity contribution in [2.24, 2.45) is 0 Å². The van der Waals surface area contributed by atoms with Gasteiger partial charge in [0.1, 0.15) is 11.6 Å². The Morgan fingerprint density at radius 2 is 1.95 bits per heavy atom. The zero-order valence-electron chi connectivity index (χ0n) is 10.4. The van der Waals surface area contributed by atoms with Crippen molar-refractivity contribution < 1.29 is 9.13 Å². The Kier molecular flexibility index (Phi) is 3.48. The molecule has 0 spiro atoms. The van der Waals surface area contributed by atoms with Crippen molar-refractivity contribution in [1.82, 2.24) is 9.97 Å². The lowest BCUT2D eigenvalue weighted by molar-refractivity contribution is 0.453. The van der Waals surface area contributed by atoms with Crippen molar-refractivity contribution in [2.75, 3.05) is 0 Å². The molecule has 100 valence electrons. The molecule has 0 amide bonds. The first-order valence-corrected chi connectivity index (χ1v) is 6.53. The van der Waals surface area contributed by atoms with Gasteiger partial charge in [-0.3, -0.25) is 4.98 Å². The molecule has 0 unspecified atom stereocenters. The number of para-hydroxylation sites is 1. The lowest BCUT2D eigenvalue weighted by atomic mass is 10.2. The largest absolute Gasteiger partial charge is 0.437 e. The third-order valence-corrected chi connectivity index (χ3v) is 3.10. The Morgan fingerprint density at radius 1 is 1.10 bits per heavy atom. The van der Waals surface area contributed by atoms with Crippen molar-refractivity contribution in [3.05, 3.63) is 60.2 Å². The quantitative estimate of drug-likeness (QED) is 0.674. The zero-order chi connectivity index (χ0) is 13.9. The van der Waals surface area contributed by atoms with Crippen LogP contribution < -0.4 is 4.74 Å². The van der Waals surface area contributed by atoms with Crippen LogP contribution in [0.1, 0.15) is 5.56 Å². The summed E-state index contributed by atoms with van der Waals surface area (Å²) in [5.41, 5.74) is 1.38. The molecular weight excluding hydrogens is 279 g/mol. The van der Waals surface area contributed by atoms with E-state index in [1.165, 1.54) is 6.07 Å². The Labute approximate surface area is 120 Å². The average molecular weight is 289 g/mol. The highest BCUT2D eigenvalue weighted by atomic mass is 35.5. The molecule has 0 atom stereocenters. The van der Waals surface area contributed by atoms with E-state index in [2.05, 4.69) is 9.97 Å². The fourth-order valence-electron chi connectivity index (χ4n) is 1.87. The van der Waals surface area contributed by atoms with Gasteiger partial charge in [-0.2, -0.15) is 0 Å². The molecule has 0 bridgehead atoms. The van der Waals surface area contributed by atoms with E-state index in [0.717, 1.165) is 17.1 Å². The third kappa shape index (κ3) is 2.56. The van der Waals surface area contributed by atoms with Gasteiger partial charge in [-0.15, -0.1) is 11.6 Å². The molecule has 0 fully saturated rings. The lowest BCUT2D eigenvalue weighted by Crippen LogP contribution is -1.95. The standard InChI is InChI=1S/C15H10ClFN2O/c16-7-11-5-12(17)8-19-15(11)20-13-6-10-3-1-2-4-14(10)18-9-13/h1-6,8-9H,7H2. The average Bonchev–Trinajstić information content (AvgIpc) is 2.49. The number of rotatable bonds is 3. The first-order chi connectivity index (χ1) is 9.76. The molecule has 3 rings (SSSR count). The van der Waals surface area contributed by atoms with Crippen LogP contribution in [0.5, 0.6) is 11.6 Å². The Bertz CT molecular complexity index is 764. The Hall–Kier alpha value is -2.20. The minimum Gasteiger partial charge on any atom is -0.437 e. The number of aromatic nitrogens is 2. The molecule has 3 nitrogen and oxygen atoms in total. The summed E-state index contributed by atoms with van der Waals surface area (Å²) < 4.78 is 18.7. The molecule has 0 saturated carbocycles. The van der Waals surface area contributed by atoms with Crippen molar-refractivity contribution in [3.8, 4) is 11.6 Å². The second-order valence-electron chi connectivity index (χ2n) is 4.22. The van der Waals surface area contributed by atoms with Crippen molar-refractivity contribution >= 4 is 22.5 Å². The van der Waals surface area contributed by atoms with Gasteiger partial charge in [0.15, 0.2) is 0 Å². The molecule has 0 N–H and O–H groups in total. The molecule has 3 aromatic rings. The number of benzene rings is 1. The van der Waals surface area contributed by atoms with Gasteiger partial charge in [0.2, 0.25) is 5.88 Å². The van der Waals surface area contributed by atoms with Crippen LogP contribution in [0.25, 0.3) is 10.9 Å². The molecule has 5 heteroatoms. The molecule has 0 aliphatic rings. The maximum absolute atomic E-state index is 13.1. The van der Waals surface area contributed by atoms with E-state index in [9.17, 15) is 4.39 Å². The van der Waals surface area contributed by atoms with E-state index in [-0.39, 0.29) is 5.88 Å². The van der Waals surface area contributed by atoms with Crippen LogP contribution in [0.4, 0.5) is 4.39 Å². The summed E-state index contributed by atoms with van der Waals surface area (Å²) in [5.74, 6) is 0.512. The summed E-state index contributed by atoms with van der Waals surface area (Å²) >= 11 is 5.76. The van der Waals surface area contributed by atoms with Crippen molar-refractivity contribution in [3.63, 3.8) is 0 Å². The highest BCUT2D eigenvalue weighted by Gasteiger charge is 2.08. The third-order valence-electron chi connectivity index (χ3n) is 2.82. The van der Waals surface area contributed by atoms with Gasteiger partial charge < -0.3 is 4.74 Å². The molecular formula is C15H10ClFN2O. The zero-order valence-corrected chi connectivity index (χ0v) is 11.1. The van der Waals surface area contributed by atoms with Crippen molar-refractivity contribution in [1.29, 1.82) is 0 Å². The fourth-order valence-corrected chi connectivity index (χ4v) is 2.07. The number of nitrogens with zero attached hydrogens (tertiary/aromatic N) is 2. The molecule has 0 radical (unpaired) electrons. The van der Waals surface area contributed by atoms with Crippen LogP contribution in [-0.2, 0) is 5.88 Å². The monoisotopic (exact) mass is 288 g/mol. The highest BCUT2D eigenvalue weighted by molar-refractivity contribution is 6.17. The van der Waals surface area contributed by atoms with Gasteiger partial charge >= 0.3 is 0 Å². The number of fused-ring (bicyclic) bond motifs is 1. The summed E-state index contributed by atoms with van der Waals surface area (Å²) in [6, 6.07) is 10.9. The summed E-state index contributed by atoms with van der Waals surface area (Å²) in [5, 5.41) is 0.958. The Balaban J connectivity index is 1.96. The maximum Gasteiger partial charge on any atom is 0.223 e. The van der Waals surface area contributed by atoms with E-state index in [0.29, 0.717) is 17.2 Å². The number of ether oxygens (including phenoxy) is 1. The number of halogens is 2. The van der Waals surface area contributed by atoms with Crippen LogP contribution in [-0.4, -0.2) is 9.97 Å². The van der Waals surface area contributed by atoms with Crippen LogP contribution >= 0.6 is 11.6 Å². The van der Waals surface area contributed by atoms with Gasteiger partial charge in [0.25, 0.3) is 0 Å². The maximum atomic E-state index is 13.1. The Morgan fingerprint density at radius 3 is 2.80 bits per heavy atom.